The average Bonchev–Trinajstić information content (AvgIpc) is 3.19. The maximum Gasteiger partial charge on any atom is 0.302 e. The van der Waals surface area contributed by atoms with Gasteiger partial charge in [-0.2, -0.15) is 5.10 Å². The first-order valence-corrected chi connectivity index (χ1v) is 10.1. The van der Waals surface area contributed by atoms with Gasteiger partial charge in [0.15, 0.2) is 0 Å². The van der Waals surface area contributed by atoms with Crippen molar-refractivity contribution >= 4 is 23.6 Å². The topological polar surface area (TPSA) is 88.7 Å². The molecule has 1 aliphatic carbocycles. The summed E-state index contributed by atoms with van der Waals surface area (Å²) < 4.78 is 5.35. The molecule has 6 nitrogen and oxygen atoms in total. The van der Waals surface area contributed by atoms with Gasteiger partial charge >= 0.3 is 5.97 Å². The van der Waals surface area contributed by atoms with Crippen LogP contribution in [-0.4, -0.2) is 24.8 Å². The normalized spacial score (nSPS) is 15.4. The van der Waals surface area contributed by atoms with Crippen molar-refractivity contribution in [1.82, 2.24) is 0 Å². The highest BCUT2D eigenvalue weighted by atomic mass is 16.5. The van der Waals surface area contributed by atoms with E-state index in [0.717, 1.165) is 22.5 Å². The molecule has 1 atom stereocenters. The van der Waals surface area contributed by atoms with E-state index in [-0.39, 0.29) is 18.6 Å². The van der Waals surface area contributed by atoms with E-state index in [1.165, 1.54) is 38.2 Å². The SMILES string of the molecule is CC(=O)OCC(Nc1ccc(C=NN)cc1)c1cc(C)cc(NC2CCCC2)c1. The standard InChI is InChI=1S/C23H30N4O2/c1-16-11-19(13-22(12-16)26-20-5-3-4-6-20)23(15-29-17(2)28)27-21-9-7-18(8-10-21)14-25-24/h7-14,20,23,26-27H,3-6,15,24H2,1-2H3. The minimum Gasteiger partial charge on any atom is -0.463 e. The summed E-state index contributed by atoms with van der Waals surface area (Å²) in [4.78, 5) is 11.4. The number of esters is 1. The van der Waals surface area contributed by atoms with Gasteiger partial charge in [0.25, 0.3) is 0 Å². The fourth-order valence-corrected chi connectivity index (χ4v) is 3.78. The molecule has 0 radical (unpaired) electrons. The second-order valence-corrected chi connectivity index (χ2v) is 7.66. The van der Waals surface area contributed by atoms with Crippen molar-refractivity contribution in [3.63, 3.8) is 0 Å². The van der Waals surface area contributed by atoms with Crippen molar-refractivity contribution in [2.75, 3.05) is 17.2 Å². The minimum atomic E-state index is -0.289. The van der Waals surface area contributed by atoms with E-state index in [2.05, 4.69) is 40.9 Å². The number of nitrogens with one attached hydrogen (secondary N) is 2. The van der Waals surface area contributed by atoms with Gasteiger partial charge in [-0.25, -0.2) is 0 Å². The summed E-state index contributed by atoms with van der Waals surface area (Å²) in [7, 11) is 0. The third-order valence-electron chi connectivity index (χ3n) is 5.16. The largest absolute Gasteiger partial charge is 0.463 e. The molecule has 0 aliphatic heterocycles. The molecule has 1 aliphatic rings. The van der Waals surface area contributed by atoms with Gasteiger partial charge in [-0.05, 0) is 60.7 Å². The molecule has 0 bridgehead atoms. The summed E-state index contributed by atoms with van der Waals surface area (Å²) in [5.74, 6) is 4.92. The van der Waals surface area contributed by atoms with Crippen molar-refractivity contribution < 1.29 is 9.53 Å². The number of hydrogen-bond donors (Lipinski definition) is 3. The molecule has 0 amide bonds. The summed E-state index contributed by atoms with van der Waals surface area (Å²) in [6.07, 6.45) is 6.62. The van der Waals surface area contributed by atoms with E-state index in [0.29, 0.717) is 6.04 Å². The number of carbonyl (C=O) groups is 1. The fourth-order valence-electron chi connectivity index (χ4n) is 3.78. The molecule has 154 valence electrons. The Kier molecular flexibility index (Phi) is 7.11. The van der Waals surface area contributed by atoms with Gasteiger partial charge in [-0.15, -0.1) is 0 Å². The molecule has 1 fully saturated rings. The number of carbonyl (C=O) groups excluding carboxylic acids is 1. The lowest BCUT2D eigenvalue weighted by Gasteiger charge is -2.22. The van der Waals surface area contributed by atoms with Crippen LogP contribution < -0.4 is 16.5 Å². The lowest BCUT2D eigenvalue weighted by molar-refractivity contribution is -0.141. The molecule has 0 heterocycles. The zero-order valence-corrected chi connectivity index (χ0v) is 17.2. The van der Waals surface area contributed by atoms with Gasteiger partial charge in [0.2, 0.25) is 0 Å². The molecule has 1 unspecified atom stereocenters. The molecular formula is C23H30N4O2. The van der Waals surface area contributed by atoms with Gasteiger partial charge in [0, 0.05) is 24.3 Å². The molecule has 2 aromatic carbocycles. The highest BCUT2D eigenvalue weighted by Gasteiger charge is 2.18. The predicted octanol–water partition coefficient (Wildman–Crippen LogP) is 4.36. The Labute approximate surface area is 172 Å². The first-order valence-electron chi connectivity index (χ1n) is 10.1. The first kappa shape index (κ1) is 20.7. The monoisotopic (exact) mass is 394 g/mol. The van der Waals surface area contributed by atoms with E-state index < -0.39 is 0 Å². The van der Waals surface area contributed by atoms with Crippen molar-refractivity contribution in [1.29, 1.82) is 0 Å². The van der Waals surface area contributed by atoms with E-state index >= 15 is 0 Å². The number of benzene rings is 2. The van der Waals surface area contributed by atoms with E-state index in [4.69, 9.17) is 10.6 Å². The number of rotatable bonds is 8. The lowest BCUT2D eigenvalue weighted by Crippen LogP contribution is -2.20. The highest BCUT2D eigenvalue weighted by molar-refractivity contribution is 5.80. The van der Waals surface area contributed by atoms with Crippen LogP contribution in [0.4, 0.5) is 11.4 Å². The third kappa shape index (κ3) is 6.24. The number of hydrazone groups is 1. The van der Waals surface area contributed by atoms with Gasteiger partial charge < -0.3 is 21.2 Å². The van der Waals surface area contributed by atoms with Crippen LogP contribution in [0.2, 0.25) is 0 Å². The number of nitrogens with two attached hydrogens (primary N) is 1. The van der Waals surface area contributed by atoms with Crippen LogP contribution in [0.15, 0.2) is 47.6 Å². The molecule has 2 aromatic rings. The van der Waals surface area contributed by atoms with Crippen LogP contribution in [-0.2, 0) is 9.53 Å². The number of aryl methyl sites for hydroxylation is 1. The molecule has 1 saturated carbocycles. The average molecular weight is 395 g/mol. The van der Waals surface area contributed by atoms with Gasteiger partial charge in [-0.3, -0.25) is 4.79 Å². The van der Waals surface area contributed by atoms with Crippen LogP contribution in [0.1, 0.15) is 55.3 Å². The third-order valence-corrected chi connectivity index (χ3v) is 5.16. The summed E-state index contributed by atoms with van der Waals surface area (Å²) in [6.45, 7) is 3.78. The maximum atomic E-state index is 11.4. The summed E-state index contributed by atoms with van der Waals surface area (Å²) in [5.41, 5.74) is 5.24. The number of hydrogen-bond acceptors (Lipinski definition) is 6. The van der Waals surface area contributed by atoms with Crippen LogP contribution in [0.5, 0.6) is 0 Å². The molecule has 0 saturated heterocycles. The Morgan fingerprint density at radius 3 is 2.59 bits per heavy atom. The fraction of sp³-hybridized carbons (Fsp3) is 0.391. The molecule has 3 rings (SSSR count). The van der Waals surface area contributed by atoms with Crippen LogP contribution in [0.3, 0.4) is 0 Å². The van der Waals surface area contributed by atoms with E-state index in [1.54, 1.807) is 6.21 Å². The van der Waals surface area contributed by atoms with E-state index in [9.17, 15) is 4.79 Å². The second-order valence-electron chi connectivity index (χ2n) is 7.66. The van der Waals surface area contributed by atoms with Crippen molar-refractivity contribution in [3.8, 4) is 0 Å². The van der Waals surface area contributed by atoms with Crippen LogP contribution >= 0.6 is 0 Å². The minimum absolute atomic E-state index is 0.156. The van der Waals surface area contributed by atoms with E-state index in [1.807, 2.05) is 24.3 Å². The second kappa shape index (κ2) is 9.96. The van der Waals surface area contributed by atoms with Crippen LogP contribution in [0.25, 0.3) is 0 Å². The quantitative estimate of drug-likeness (QED) is 0.268. The van der Waals surface area contributed by atoms with Crippen molar-refractivity contribution in [2.45, 2.75) is 51.6 Å². The molecule has 6 heteroatoms. The number of ether oxygens (including phenoxy) is 1. The van der Waals surface area contributed by atoms with Gasteiger partial charge in [0.05, 0.1) is 12.3 Å². The Morgan fingerprint density at radius 2 is 1.93 bits per heavy atom. The summed E-state index contributed by atoms with van der Waals surface area (Å²) >= 11 is 0. The predicted molar refractivity (Wildman–Crippen MR) is 118 cm³/mol. The summed E-state index contributed by atoms with van der Waals surface area (Å²) in [6, 6.07) is 14.6. The van der Waals surface area contributed by atoms with Gasteiger partial charge in [0.1, 0.15) is 6.61 Å². The first-order chi connectivity index (χ1) is 14.0. The van der Waals surface area contributed by atoms with Crippen molar-refractivity contribution in [2.24, 2.45) is 10.9 Å². The Bertz CT molecular complexity index is 842. The van der Waals surface area contributed by atoms with Gasteiger partial charge in [-0.1, -0.05) is 31.0 Å². The molecule has 0 spiro atoms. The molecule has 29 heavy (non-hydrogen) atoms. The Morgan fingerprint density at radius 1 is 1.21 bits per heavy atom. The molecular weight excluding hydrogens is 364 g/mol. The lowest BCUT2D eigenvalue weighted by atomic mass is 10.0. The molecule has 0 aromatic heterocycles. The smallest absolute Gasteiger partial charge is 0.302 e. The number of anilines is 2. The Balaban J connectivity index is 1.81. The number of nitrogens with zero attached hydrogens (tertiary/aromatic N) is 1. The maximum absolute atomic E-state index is 11.4. The zero-order chi connectivity index (χ0) is 20.6. The van der Waals surface area contributed by atoms with Crippen molar-refractivity contribution in [3.05, 3.63) is 59.2 Å². The van der Waals surface area contributed by atoms with Crippen LogP contribution in [0, 0.1) is 6.92 Å². The molecule has 4 N–H and O–H groups in total. The summed E-state index contributed by atoms with van der Waals surface area (Å²) in [5, 5.41) is 10.7. The zero-order valence-electron chi connectivity index (χ0n) is 17.2. The Hall–Kier alpha value is -3.02. The highest BCUT2D eigenvalue weighted by Crippen LogP contribution is 2.27.